The lowest BCUT2D eigenvalue weighted by atomic mass is 10.0. The first-order chi connectivity index (χ1) is 9.97. The van der Waals surface area contributed by atoms with Crippen LogP contribution in [0.15, 0.2) is 35.4 Å². The summed E-state index contributed by atoms with van der Waals surface area (Å²) in [4.78, 5) is 2.43. The summed E-state index contributed by atoms with van der Waals surface area (Å²) in [7, 11) is -1.78. The highest BCUT2D eigenvalue weighted by molar-refractivity contribution is 7.89. The highest BCUT2D eigenvalue weighted by Gasteiger charge is 2.24. The summed E-state index contributed by atoms with van der Waals surface area (Å²) in [5.74, 6) is 0. The summed E-state index contributed by atoms with van der Waals surface area (Å²) in [5, 5.41) is 9.50. The largest absolute Gasteiger partial charge is 0.365 e. The van der Waals surface area contributed by atoms with Crippen molar-refractivity contribution in [3.05, 3.63) is 41.7 Å². The first kappa shape index (κ1) is 14.1. The van der Waals surface area contributed by atoms with Gasteiger partial charge in [0.15, 0.2) is 0 Å². The molecule has 0 atom stereocenters. The number of aryl methyl sites for hydroxylation is 1. The number of aromatic nitrogens is 2. The van der Waals surface area contributed by atoms with Crippen molar-refractivity contribution in [3.8, 4) is 0 Å². The van der Waals surface area contributed by atoms with E-state index in [9.17, 15) is 8.42 Å². The second-order valence-corrected chi connectivity index (χ2v) is 6.80. The van der Waals surface area contributed by atoms with Crippen molar-refractivity contribution in [2.45, 2.75) is 24.3 Å². The van der Waals surface area contributed by atoms with Crippen LogP contribution in [-0.2, 0) is 30.0 Å². The zero-order valence-corrected chi connectivity index (χ0v) is 12.7. The predicted molar refractivity (Wildman–Crippen MR) is 80.4 cm³/mol. The molecule has 0 spiro atoms. The minimum absolute atomic E-state index is 0.245. The van der Waals surface area contributed by atoms with Gasteiger partial charge in [0, 0.05) is 25.5 Å². The van der Waals surface area contributed by atoms with Crippen molar-refractivity contribution in [2.75, 3.05) is 11.4 Å². The number of rotatable bonds is 3. The molecule has 7 heteroatoms. The Balaban J connectivity index is 2.01. The van der Waals surface area contributed by atoms with E-state index in [0.29, 0.717) is 6.54 Å². The lowest BCUT2D eigenvalue weighted by molar-refractivity contribution is 0.593. The van der Waals surface area contributed by atoms with Gasteiger partial charge in [0.25, 0.3) is 0 Å². The van der Waals surface area contributed by atoms with Gasteiger partial charge in [0.05, 0.1) is 17.1 Å². The Labute approximate surface area is 124 Å². The van der Waals surface area contributed by atoms with Crippen LogP contribution in [0.5, 0.6) is 0 Å². The molecule has 1 aliphatic rings. The normalized spacial score (nSPS) is 15.0. The molecule has 0 bridgehead atoms. The molecule has 0 fully saturated rings. The molecule has 2 heterocycles. The first-order valence-electron chi connectivity index (χ1n) is 6.83. The maximum absolute atomic E-state index is 11.7. The summed E-state index contributed by atoms with van der Waals surface area (Å²) < 4.78 is 25.3. The molecular formula is C14H18N4O2S. The molecule has 0 aliphatic carbocycles. The lowest BCUT2D eigenvalue weighted by Crippen LogP contribution is -2.31. The van der Waals surface area contributed by atoms with Gasteiger partial charge in [-0.2, -0.15) is 5.10 Å². The molecule has 0 saturated carbocycles. The zero-order chi connectivity index (χ0) is 15.0. The third kappa shape index (κ3) is 2.66. The van der Waals surface area contributed by atoms with Crippen LogP contribution in [0.3, 0.4) is 0 Å². The molecule has 0 saturated heterocycles. The number of primary sulfonamides is 1. The number of hydrogen-bond acceptors (Lipinski definition) is 4. The van der Waals surface area contributed by atoms with Gasteiger partial charge in [-0.15, -0.1) is 0 Å². The van der Waals surface area contributed by atoms with Gasteiger partial charge >= 0.3 is 0 Å². The van der Waals surface area contributed by atoms with E-state index in [1.54, 1.807) is 18.3 Å². The monoisotopic (exact) mass is 306 g/mol. The highest BCUT2D eigenvalue weighted by atomic mass is 32.2. The molecule has 1 aromatic carbocycles. The molecule has 3 rings (SSSR count). The minimum Gasteiger partial charge on any atom is -0.365 e. The van der Waals surface area contributed by atoms with Crippen LogP contribution in [0.1, 0.15) is 17.7 Å². The second-order valence-electron chi connectivity index (χ2n) is 5.27. The summed E-state index contributed by atoms with van der Waals surface area (Å²) in [6.45, 7) is 1.60. The molecule has 2 N–H and O–H groups in total. The van der Waals surface area contributed by atoms with E-state index >= 15 is 0 Å². The van der Waals surface area contributed by atoms with Crippen molar-refractivity contribution >= 4 is 15.7 Å². The molecule has 0 unspecified atom stereocenters. The van der Waals surface area contributed by atoms with Gasteiger partial charge in [-0.05, 0) is 36.6 Å². The predicted octanol–water partition coefficient (Wildman–Crippen LogP) is 1.02. The van der Waals surface area contributed by atoms with Gasteiger partial charge in [0.2, 0.25) is 10.0 Å². The van der Waals surface area contributed by atoms with E-state index in [1.807, 2.05) is 23.9 Å². The van der Waals surface area contributed by atoms with E-state index in [4.69, 9.17) is 5.14 Å². The maximum Gasteiger partial charge on any atom is 0.238 e. The average molecular weight is 306 g/mol. The van der Waals surface area contributed by atoms with Gasteiger partial charge < -0.3 is 4.90 Å². The molecule has 0 radical (unpaired) electrons. The Morgan fingerprint density at radius 2 is 2.14 bits per heavy atom. The number of anilines is 1. The standard InChI is InChI=1S/C14H18N4O2S/c1-17-11(7-8-16-17)10-18-9-3-4-12-13(18)5-2-6-14(12)21(15,19)20/h2,5-8H,3-4,9-10H2,1H3,(H2,15,19,20). The van der Waals surface area contributed by atoms with E-state index < -0.39 is 10.0 Å². The Morgan fingerprint density at radius 3 is 2.81 bits per heavy atom. The maximum atomic E-state index is 11.7. The smallest absolute Gasteiger partial charge is 0.238 e. The van der Waals surface area contributed by atoms with Crippen molar-refractivity contribution < 1.29 is 8.42 Å². The van der Waals surface area contributed by atoms with Crippen molar-refractivity contribution in [3.63, 3.8) is 0 Å². The molecule has 21 heavy (non-hydrogen) atoms. The van der Waals surface area contributed by atoms with E-state index in [2.05, 4.69) is 10.00 Å². The summed E-state index contributed by atoms with van der Waals surface area (Å²) in [6, 6.07) is 7.26. The summed E-state index contributed by atoms with van der Waals surface area (Å²) in [5.41, 5.74) is 2.87. The van der Waals surface area contributed by atoms with Gasteiger partial charge in [-0.25, -0.2) is 13.6 Å². The Hall–Kier alpha value is -1.86. The quantitative estimate of drug-likeness (QED) is 0.918. The fourth-order valence-electron chi connectivity index (χ4n) is 2.85. The van der Waals surface area contributed by atoms with Crippen LogP contribution < -0.4 is 10.0 Å². The number of benzene rings is 1. The fourth-order valence-corrected chi connectivity index (χ4v) is 3.67. The number of nitrogens with two attached hydrogens (primary N) is 1. The average Bonchev–Trinajstić information content (AvgIpc) is 2.83. The molecule has 1 aliphatic heterocycles. The Kier molecular flexibility index (Phi) is 3.46. The number of fused-ring (bicyclic) bond motifs is 1. The SMILES string of the molecule is Cn1nccc1CN1CCCc2c1cccc2S(N)(=O)=O. The summed E-state index contributed by atoms with van der Waals surface area (Å²) in [6.07, 6.45) is 3.42. The van der Waals surface area contributed by atoms with Crippen LogP contribution >= 0.6 is 0 Å². The minimum atomic E-state index is -3.68. The molecule has 2 aromatic rings. The van der Waals surface area contributed by atoms with Gasteiger partial charge in [0.1, 0.15) is 0 Å². The van der Waals surface area contributed by atoms with Gasteiger partial charge in [-0.1, -0.05) is 6.07 Å². The third-order valence-electron chi connectivity index (χ3n) is 3.89. The summed E-state index contributed by atoms with van der Waals surface area (Å²) >= 11 is 0. The Morgan fingerprint density at radius 1 is 1.33 bits per heavy atom. The van der Waals surface area contributed by atoms with Crippen LogP contribution in [0.25, 0.3) is 0 Å². The third-order valence-corrected chi connectivity index (χ3v) is 4.88. The van der Waals surface area contributed by atoms with Crippen LogP contribution in [0.4, 0.5) is 5.69 Å². The zero-order valence-electron chi connectivity index (χ0n) is 11.9. The highest BCUT2D eigenvalue weighted by Crippen LogP contribution is 2.32. The lowest BCUT2D eigenvalue weighted by Gasteiger charge is -2.32. The van der Waals surface area contributed by atoms with E-state index in [1.165, 1.54) is 0 Å². The fraction of sp³-hybridized carbons (Fsp3) is 0.357. The van der Waals surface area contributed by atoms with Crippen molar-refractivity contribution in [2.24, 2.45) is 12.2 Å². The van der Waals surface area contributed by atoms with Gasteiger partial charge in [-0.3, -0.25) is 4.68 Å². The van der Waals surface area contributed by atoms with Crippen molar-refractivity contribution in [1.29, 1.82) is 0 Å². The van der Waals surface area contributed by atoms with E-state index in [-0.39, 0.29) is 4.90 Å². The molecule has 112 valence electrons. The molecule has 0 amide bonds. The van der Waals surface area contributed by atoms with Crippen LogP contribution in [-0.4, -0.2) is 24.7 Å². The number of nitrogens with zero attached hydrogens (tertiary/aromatic N) is 3. The van der Waals surface area contributed by atoms with Crippen LogP contribution in [0, 0.1) is 0 Å². The topological polar surface area (TPSA) is 81.2 Å². The van der Waals surface area contributed by atoms with Crippen LogP contribution in [0.2, 0.25) is 0 Å². The molecule has 6 nitrogen and oxygen atoms in total. The molecule has 1 aromatic heterocycles. The Bertz CT molecular complexity index is 767. The number of hydrogen-bond donors (Lipinski definition) is 1. The first-order valence-corrected chi connectivity index (χ1v) is 8.38. The second kappa shape index (κ2) is 5.16. The number of sulfonamides is 1. The van der Waals surface area contributed by atoms with Crippen molar-refractivity contribution in [1.82, 2.24) is 9.78 Å². The molecular weight excluding hydrogens is 288 g/mol. The van der Waals surface area contributed by atoms with E-state index in [0.717, 1.165) is 36.3 Å².